The third kappa shape index (κ3) is 6.33. The fourth-order valence-corrected chi connectivity index (χ4v) is 6.14. The van der Waals surface area contributed by atoms with Crippen LogP contribution in [0.1, 0.15) is 6.23 Å². The minimum absolute atomic E-state index is 0.00105. The maximum absolute atomic E-state index is 14.8. The van der Waals surface area contributed by atoms with E-state index in [0.29, 0.717) is 0 Å². The molecule has 2 fully saturated rings. The number of aromatic nitrogens is 4. The van der Waals surface area contributed by atoms with Crippen LogP contribution >= 0.6 is 15.6 Å². The van der Waals surface area contributed by atoms with Crippen LogP contribution < -0.4 is 5.73 Å². The zero-order chi connectivity index (χ0) is 29.6. The number of hydrogen-bond donors (Lipinski definition) is 9. The quantitative estimate of drug-likeness (QED) is 0.116. The van der Waals surface area contributed by atoms with E-state index in [-0.39, 0.29) is 17.0 Å². The number of ether oxygens (including phenoxy) is 2. The van der Waals surface area contributed by atoms with Crippen LogP contribution in [0.4, 0.5) is 10.2 Å². The van der Waals surface area contributed by atoms with Crippen molar-refractivity contribution in [3.8, 4) is 0 Å². The van der Waals surface area contributed by atoms with E-state index in [4.69, 9.17) is 20.3 Å². The van der Waals surface area contributed by atoms with Gasteiger partial charge in [0.05, 0.1) is 19.5 Å². The van der Waals surface area contributed by atoms with Gasteiger partial charge in [-0.05, 0) is 0 Å². The number of nitrogens with zero attached hydrogens (tertiary/aromatic N) is 4. The topological polar surface area (TPSA) is 312 Å². The second-order valence-electron chi connectivity index (χ2n) is 8.69. The lowest BCUT2D eigenvalue weighted by Gasteiger charge is -2.41. The van der Waals surface area contributed by atoms with Crippen molar-refractivity contribution in [2.75, 3.05) is 18.9 Å². The van der Waals surface area contributed by atoms with Crippen LogP contribution in [0.5, 0.6) is 0 Å². The first-order chi connectivity index (χ1) is 18.7. The molecule has 0 bridgehead atoms. The van der Waals surface area contributed by atoms with Gasteiger partial charge in [-0.3, -0.25) is 13.6 Å². The number of phosphoric ester groups is 2. The molecule has 0 radical (unpaired) electrons. The number of rotatable bonds is 10. The molecule has 226 valence electrons. The molecular formula is C17H26FN5O15P2. The molecule has 2 aromatic rings. The minimum Gasteiger partial charge on any atom is -0.394 e. The molecule has 0 spiro atoms. The lowest BCUT2D eigenvalue weighted by atomic mass is 9.96. The van der Waals surface area contributed by atoms with E-state index in [1.807, 2.05) is 0 Å². The zero-order valence-corrected chi connectivity index (χ0v) is 21.7. The van der Waals surface area contributed by atoms with Crippen molar-refractivity contribution in [1.29, 1.82) is 0 Å². The van der Waals surface area contributed by atoms with Gasteiger partial charge in [0.1, 0.15) is 54.6 Å². The van der Waals surface area contributed by atoms with Crippen molar-refractivity contribution < 1.29 is 76.8 Å². The van der Waals surface area contributed by atoms with Crippen molar-refractivity contribution in [1.82, 2.24) is 19.5 Å². The Balaban J connectivity index is 1.38. The van der Waals surface area contributed by atoms with Gasteiger partial charge in [-0.25, -0.2) is 28.5 Å². The lowest BCUT2D eigenvalue weighted by Crippen LogP contribution is -2.61. The average Bonchev–Trinajstić information content (AvgIpc) is 3.43. The van der Waals surface area contributed by atoms with Crippen molar-refractivity contribution in [2.24, 2.45) is 0 Å². The maximum Gasteiger partial charge on any atom is 0.483 e. The number of nitrogens with two attached hydrogens (primary N) is 1. The minimum atomic E-state index is -5.69. The fourth-order valence-electron chi connectivity index (χ4n) is 3.98. The second-order valence-corrected chi connectivity index (χ2v) is 11.7. The molecule has 0 amide bonds. The van der Waals surface area contributed by atoms with Crippen LogP contribution in [0.2, 0.25) is 0 Å². The van der Waals surface area contributed by atoms with Crippen molar-refractivity contribution >= 4 is 32.6 Å². The standard InChI is InChI=1S/C17H26FN5O15P2/c18-7-6(35-16(9(7)26)23-4-22-8-14(19)20-3-21-15(8)23)2-34-39(30,31)38-40(32,33)37-17-12(29)10(27)11(28)13(36-17)5(25)1-24/h3-7,9-13,16-17,24-29H,1-2H2,(H,30,31)(H,32,33)(H2,19,20,21)/t5-,6-,7+,9?,10+,11+,12?,13?,16-,17+/m1/s1. The monoisotopic (exact) mass is 621 g/mol. The van der Waals surface area contributed by atoms with Gasteiger partial charge in [0.2, 0.25) is 0 Å². The van der Waals surface area contributed by atoms with Gasteiger partial charge in [-0.1, -0.05) is 0 Å². The Morgan fingerprint density at radius 2 is 1.75 bits per heavy atom. The summed E-state index contributed by atoms with van der Waals surface area (Å²) >= 11 is 0. The molecule has 4 heterocycles. The molecule has 23 heteroatoms. The summed E-state index contributed by atoms with van der Waals surface area (Å²) in [5, 5.41) is 58.8. The van der Waals surface area contributed by atoms with E-state index in [9.17, 15) is 48.8 Å². The zero-order valence-electron chi connectivity index (χ0n) is 19.9. The number of halogens is 1. The fraction of sp³-hybridized carbons (Fsp3) is 0.706. The summed E-state index contributed by atoms with van der Waals surface area (Å²) in [5.41, 5.74) is 5.91. The number of aliphatic hydroxyl groups is 6. The molecule has 0 aromatic carbocycles. The summed E-state index contributed by atoms with van der Waals surface area (Å²) in [6.45, 7) is -2.08. The Morgan fingerprint density at radius 1 is 1.05 bits per heavy atom. The van der Waals surface area contributed by atoms with Crippen molar-refractivity contribution in [3.63, 3.8) is 0 Å². The molecule has 2 saturated heterocycles. The largest absolute Gasteiger partial charge is 0.483 e. The van der Waals surface area contributed by atoms with Gasteiger partial charge >= 0.3 is 15.6 Å². The highest BCUT2D eigenvalue weighted by molar-refractivity contribution is 7.61. The number of aliphatic hydroxyl groups excluding tert-OH is 6. The van der Waals surface area contributed by atoms with Crippen molar-refractivity contribution in [2.45, 2.75) is 61.4 Å². The Bertz CT molecular complexity index is 1290. The van der Waals surface area contributed by atoms with E-state index in [1.54, 1.807) is 0 Å². The Morgan fingerprint density at radius 3 is 2.42 bits per heavy atom. The Kier molecular flexibility index (Phi) is 9.22. The van der Waals surface area contributed by atoms with Crippen LogP contribution in [0, 0.1) is 0 Å². The van der Waals surface area contributed by atoms with Gasteiger partial charge < -0.3 is 55.6 Å². The average molecular weight is 621 g/mol. The first kappa shape index (κ1) is 31.2. The summed E-state index contributed by atoms with van der Waals surface area (Å²) in [7, 11) is -11.2. The molecule has 12 atom stereocenters. The molecule has 4 rings (SSSR count). The molecule has 2 aromatic heterocycles. The van der Waals surface area contributed by atoms with Crippen LogP contribution in [0.15, 0.2) is 12.7 Å². The number of nitrogen functional groups attached to an aromatic ring is 1. The number of alkyl halides is 1. The van der Waals surface area contributed by atoms with Crippen LogP contribution in [0.25, 0.3) is 11.2 Å². The van der Waals surface area contributed by atoms with Gasteiger partial charge in [-0.2, -0.15) is 4.31 Å². The van der Waals surface area contributed by atoms with Crippen LogP contribution in [0.3, 0.4) is 0 Å². The SMILES string of the molecule is Nc1ncnc2c1ncn2[C@@H]1O[C@H](COP(=O)(O)OP(=O)(O)O[C@@H]2OC([C@H](O)CO)[C@@H](O)[C@H](O)C2O)[C@H](F)C1O. The van der Waals surface area contributed by atoms with Gasteiger partial charge in [0, 0.05) is 0 Å². The molecular weight excluding hydrogens is 595 g/mol. The van der Waals surface area contributed by atoms with E-state index in [1.165, 1.54) is 0 Å². The van der Waals surface area contributed by atoms with Gasteiger partial charge in [-0.15, -0.1) is 0 Å². The molecule has 0 aliphatic carbocycles. The van der Waals surface area contributed by atoms with Crippen molar-refractivity contribution in [3.05, 3.63) is 12.7 Å². The number of imidazole rings is 1. The van der Waals surface area contributed by atoms with E-state index < -0.39 is 90.3 Å². The smallest absolute Gasteiger partial charge is 0.394 e. The highest BCUT2D eigenvalue weighted by atomic mass is 31.3. The lowest BCUT2D eigenvalue weighted by molar-refractivity contribution is -0.292. The summed E-state index contributed by atoms with van der Waals surface area (Å²) in [6.07, 6.45) is -17.2. The second kappa shape index (κ2) is 11.8. The molecule has 5 unspecified atom stereocenters. The summed E-state index contributed by atoms with van der Waals surface area (Å²) < 4.78 is 63.9. The molecule has 0 saturated carbocycles. The third-order valence-electron chi connectivity index (χ3n) is 5.97. The molecule has 40 heavy (non-hydrogen) atoms. The van der Waals surface area contributed by atoms with Gasteiger partial charge in [0.25, 0.3) is 0 Å². The molecule has 10 N–H and O–H groups in total. The summed E-state index contributed by atoms with van der Waals surface area (Å²) in [4.78, 5) is 31.5. The number of fused-ring (bicyclic) bond motifs is 1. The van der Waals surface area contributed by atoms with E-state index >= 15 is 0 Å². The number of anilines is 1. The van der Waals surface area contributed by atoms with Crippen LogP contribution in [-0.2, 0) is 32.0 Å². The van der Waals surface area contributed by atoms with E-state index in [2.05, 4.69) is 28.3 Å². The Hall–Kier alpha value is -1.78. The predicted molar refractivity (Wildman–Crippen MR) is 122 cm³/mol. The van der Waals surface area contributed by atoms with E-state index in [0.717, 1.165) is 17.2 Å². The normalized spacial score (nSPS) is 36.8. The highest BCUT2D eigenvalue weighted by Crippen LogP contribution is 2.61. The van der Waals surface area contributed by atoms with Crippen LogP contribution in [-0.4, -0.2) is 128 Å². The highest BCUT2D eigenvalue weighted by Gasteiger charge is 2.51. The molecule has 2 aliphatic rings. The van der Waals surface area contributed by atoms with Gasteiger partial charge in [0.15, 0.2) is 30.2 Å². The maximum atomic E-state index is 14.8. The first-order valence-electron chi connectivity index (χ1n) is 11.2. The molecule has 2 aliphatic heterocycles. The number of hydrogen-bond acceptors (Lipinski definition) is 17. The molecule has 20 nitrogen and oxygen atoms in total. The number of phosphoric acid groups is 2. The first-order valence-corrected chi connectivity index (χ1v) is 14.2. The predicted octanol–water partition coefficient (Wildman–Crippen LogP) is -3.58. The summed E-state index contributed by atoms with van der Waals surface area (Å²) in [5.74, 6) is -0.00105. The third-order valence-corrected chi connectivity index (χ3v) is 8.57. The Labute approximate surface area is 222 Å². The summed E-state index contributed by atoms with van der Waals surface area (Å²) in [6, 6.07) is 0.